The summed E-state index contributed by atoms with van der Waals surface area (Å²) < 4.78 is 4.06. The Bertz CT molecular complexity index is 2380. The van der Waals surface area contributed by atoms with Gasteiger partial charge in [0.15, 0.2) is 0 Å². The van der Waals surface area contributed by atoms with E-state index in [9.17, 15) is 0 Å². The molecule has 0 unspecified atom stereocenters. The van der Waals surface area contributed by atoms with Gasteiger partial charge in [0.1, 0.15) is 0 Å². The topological polar surface area (TPSA) is 0 Å². The van der Waals surface area contributed by atoms with Gasteiger partial charge in [-0.3, -0.25) is 0 Å². The molecule has 0 bridgehead atoms. The third-order valence-corrected chi connectivity index (χ3v) is 10.3. The molecule has 40 heavy (non-hydrogen) atoms. The lowest BCUT2D eigenvalue weighted by Crippen LogP contribution is -1.90. The molecule has 9 aromatic rings. The largest absolute Gasteiger partial charge is 0.144 e. The van der Waals surface area contributed by atoms with Gasteiger partial charge in [-0.2, -0.15) is 0 Å². The van der Waals surface area contributed by atoms with Gasteiger partial charge in [-0.25, -0.2) is 0 Å². The molecule has 2 heteroatoms. The van der Waals surface area contributed by atoms with E-state index < -0.39 is 0 Å². The molecule has 9 rings (SSSR count). The van der Waals surface area contributed by atoms with Crippen LogP contribution < -0.4 is 0 Å². The fraction of sp³-hybridized carbons (Fsp3) is 0. The normalized spacial score (nSPS) is 12.0. The van der Waals surface area contributed by atoms with Crippen molar-refractivity contribution in [1.29, 1.82) is 0 Å². The molecular formula is C38H22S2. The van der Waals surface area contributed by atoms with Gasteiger partial charge >= 0.3 is 0 Å². The van der Waals surface area contributed by atoms with Crippen LogP contribution in [0.4, 0.5) is 0 Å². The quantitative estimate of drug-likeness (QED) is 0.191. The van der Waals surface area contributed by atoms with Gasteiger partial charge in [0.05, 0.1) is 0 Å². The summed E-state index contributed by atoms with van der Waals surface area (Å²) >= 11 is 3.73. The van der Waals surface area contributed by atoms with Crippen molar-refractivity contribution < 1.29 is 0 Å². The highest BCUT2D eigenvalue weighted by atomic mass is 32.1. The van der Waals surface area contributed by atoms with Crippen molar-refractivity contribution in [3.8, 4) is 22.3 Å². The van der Waals surface area contributed by atoms with E-state index >= 15 is 0 Å². The smallest absolute Gasteiger partial charge is 0.0362 e. The van der Waals surface area contributed by atoms with Gasteiger partial charge in [-0.1, -0.05) is 97.1 Å². The average Bonchev–Trinajstić information content (AvgIpc) is 3.63. The van der Waals surface area contributed by atoms with E-state index in [1.54, 1.807) is 0 Å². The van der Waals surface area contributed by atoms with Gasteiger partial charge in [-0.15, -0.1) is 22.7 Å². The maximum absolute atomic E-state index is 2.42. The van der Waals surface area contributed by atoms with Crippen molar-refractivity contribution in [1.82, 2.24) is 0 Å². The van der Waals surface area contributed by atoms with Crippen molar-refractivity contribution in [2.24, 2.45) is 0 Å². The van der Waals surface area contributed by atoms with Crippen molar-refractivity contribution in [3.63, 3.8) is 0 Å². The summed E-state index contributed by atoms with van der Waals surface area (Å²) in [6, 6.07) is 47.3. The first-order valence-electron chi connectivity index (χ1n) is 13.6. The van der Waals surface area contributed by atoms with E-state index in [2.05, 4.69) is 133 Å². The van der Waals surface area contributed by atoms with Crippen molar-refractivity contribution in [3.05, 3.63) is 133 Å². The average molecular weight is 543 g/mol. The second-order valence-corrected chi connectivity index (χ2v) is 12.5. The van der Waals surface area contributed by atoms with Gasteiger partial charge in [0.2, 0.25) is 0 Å². The van der Waals surface area contributed by atoms with Crippen LogP contribution in [0.2, 0.25) is 0 Å². The molecule has 0 nitrogen and oxygen atoms in total. The summed E-state index contributed by atoms with van der Waals surface area (Å²) in [6.45, 7) is 0. The minimum Gasteiger partial charge on any atom is -0.144 e. The minimum atomic E-state index is 1.26. The maximum Gasteiger partial charge on any atom is 0.0362 e. The van der Waals surface area contributed by atoms with Gasteiger partial charge in [0.25, 0.3) is 0 Å². The molecule has 2 aromatic heterocycles. The van der Waals surface area contributed by atoms with Crippen LogP contribution in [0.25, 0.3) is 84.8 Å². The Labute approximate surface area is 239 Å². The number of hydrogen-bond donors (Lipinski definition) is 0. The second-order valence-electron chi connectivity index (χ2n) is 10.5. The molecule has 0 spiro atoms. The molecular weight excluding hydrogens is 521 g/mol. The molecule has 0 radical (unpaired) electrons. The zero-order valence-corrected chi connectivity index (χ0v) is 23.2. The summed E-state index contributed by atoms with van der Waals surface area (Å²) in [5, 5.41) is 14.1. The predicted molar refractivity (Wildman–Crippen MR) is 178 cm³/mol. The highest BCUT2D eigenvalue weighted by molar-refractivity contribution is 7.26. The number of fused-ring (bicyclic) bond motifs is 8. The Kier molecular flexibility index (Phi) is 4.74. The van der Waals surface area contributed by atoms with Crippen molar-refractivity contribution in [2.75, 3.05) is 0 Å². The third kappa shape index (κ3) is 3.18. The van der Waals surface area contributed by atoms with Crippen LogP contribution in [0.1, 0.15) is 0 Å². The number of rotatable bonds is 2. The summed E-state index contributed by atoms with van der Waals surface area (Å²) in [5.41, 5.74) is 5.16. The summed E-state index contributed by atoms with van der Waals surface area (Å²) in [4.78, 5) is 0. The molecule has 0 amide bonds. The molecule has 7 aromatic carbocycles. The molecule has 0 atom stereocenters. The minimum absolute atomic E-state index is 1.26. The van der Waals surface area contributed by atoms with E-state index in [-0.39, 0.29) is 0 Å². The Balaban J connectivity index is 1.36. The number of thiophene rings is 2. The van der Waals surface area contributed by atoms with Crippen LogP contribution in [0.15, 0.2) is 133 Å². The molecule has 2 heterocycles. The van der Waals surface area contributed by atoms with Crippen molar-refractivity contribution in [2.45, 2.75) is 0 Å². The predicted octanol–water partition coefficient (Wildman–Crippen LogP) is 12.1. The molecule has 0 aliphatic rings. The van der Waals surface area contributed by atoms with Crippen molar-refractivity contribution >= 4 is 85.2 Å². The van der Waals surface area contributed by atoms with E-state index in [0.29, 0.717) is 0 Å². The first-order valence-corrected chi connectivity index (χ1v) is 15.3. The van der Waals surface area contributed by atoms with Crippen LogP contribution in [0, 0.1) is 0 Å². The van der Waals surface area contributed by atoms with Crippen LogP contribution in [0.5, 0.6) is 0 Å². The van der Waals surface area contributed by atoms with Crippen LogP contribution in [0.3, 0.4) is 0 Å². The molecule has 186 valence electrons. The standard InChI is InChI=1S/C38H22S2/c1-2-8-24-21-25(14-13-23(24)7-1)36-27-9-3-5-11-29(27)37(30-12-6-4-10-28(30)36)26-15-16-31-35(22-26)40-34-18-17-33-32(38(31)34)19-20-39-33/h1-22H. The fourth-order valence-corrected chi connectivity index (χ4v) is 8.52. The van der Waals surface area contributed by atoms with Gasteiger partial charge < -0.3 is 0 Å². The highest BCUT2D eigenvalue weighted by Gasteiger charge is 2.18. The summed E-state index contributed by atoms with van der Waals surface area (Å²) in [5.74, 6) is 0. The van der Waals surface area contributed by atoms with E-state index in [4.69, 9.17) is 0 Å². The van der Waals surface area contributed by atoms with Crippen LogP contribution in [-0.2, 0) is 0 Å². The van der Waals surface area contributed by atoms with E-state index in [1.165, 1.54) is 84.8 Å². The zero-order valence-electron chi connectivity index (χ0n) is 21.5. The Hall–Kier alpha value is -4.50. The van der Waals surface area contributed by atoms with E-state index in [0.717, 1.165) is 0 Å². The number of benzene rings is 7. The molecule has 0 aliphatic heterocycles. The molecule has 0 N–H and O–H groups in total. The number of hydrogen-bond acceptors (Lipinski definition) is 2. The SMILES string of the molecule is c1ccc2cc(-c3c4ccccc4c(-c4ccc5c(c4)sc4ccc6sccc6c45)c4ccccc34)ccc2c1. The lowest BCUT2D eigenvalue weighted by Gasteiger charge is -2.18. The Morgan fingerprint density at radius 3 is 1.68 bits per heavy atom. The van der Waals surface area contributed by atoms with Gasteiger partial charge in [0, 0.05) is 30.3 Å². The third-order valence-electron chi connectivity index (χ3n) is 8.33. The lowest BCUT2D eigenvalue weighted by molar-refractivity contribution is 1.69. The molecule has 0 saturated carbocycles. The van der Waals surface area contributed by atoms with Gasteiger partial charge in [-0.05, 0) is 90.3 Å². The fourth-order valence-electron chi connectivity index (χ4n) is 6.57. The monoisotopic (exact) mass is 542 g/mol. The maximum atomic E-state index is 2.42. The summed E-state index contributed by atoms with van der Waals surface area (Å²) in [7, 11) is 0. The zero-order chi connectivity index (χ0) is 26.2. The summed E-state index contributed by atoms with van der Waals surface area (Å²) in [6.07, 6.45) is 0. The second kappa shape index (κ2) is 8.50. The first-order chi connectivity index (χ1) is 19.8. The highest BCUT2D eigenvalue weighted by Crippen LogP contribution is 2.46. The van der Waals surface area contributed by atoms with E-state index in [1.807, 2.05) is 22.7 Å². The molecule has 0 saturated heterocycles. The van der Waals surface area contributed by atoms with Crippen LogP contribution in [-0.4, -0.2) is 0 Å². The molecule has 0 aliphatic carbocycles. The van der Waals surface area contributed by atoms with Crippen LogP contribution >= 0.6 is 22.7 Å². The Morgan fingerprint density at radius 2 is 0.950 bits per heavy atom. The first kappa shape index (κ1) is 22.3. The lowest BCUT2D eigenvalue weighted by atomic mass is 9.85. The molecule has 0 fully saturated rings. The Morgan fingerprint density at radius 1 is 0.375 bits per heavy atom.